The molecule has 5 heteroatoms. The van der Waals surface area contributed by atoms with Gasteiger partial charge >= 0.3 is 0 Å². The first-order chi connectivity index (χ1) is 13.2. The first kappa shape index (κ1) is 19.9. The van der Waals surface area contributed by atoms with Crippen LogP contribution in [0.2, 0.25) is 0 Å². The molecule has 2 aromatic rings. The number of hydrogen-bond donors (Lipinski definition) is 1. The summed E-state index contributed by atoms with van der Waals surface area (Å²) in [5.41, 5.74) is -0.263. The van der Waals surface area contributed by atoms with Crippen LogP contribution in [0.1, 0.15) is 33.3 Å². The molecule has 0 bridgehead atoms. The first-order valence-electron chi connectivity index (χ1n) is 10.1. The summed E-state index contributed by atoms with van der Waals surface area (Å²) in [5.74, 6) is 1.04. The van der Waals surface area contributed by atoms with Gasteiger partial charge < -0.3 is 10.0 Å². The van der Waals surface area contributed by atoms with Gasteiger partial charge in [0.25, 0.3) is 0 Å². The van der Waals surface area contributed by atoms with Crippen molar-refractivity contribution in [2.75, 3.05) is 31.1 Å². The smallest absolute Gasteiger partial charge is 0.128 e. The number of halogens is 1. The predicted molar refractivity (Wildman–Crippen MR) is 117 cm³/mol. The Morgan fingerprint density at radius 1 is 0.929 bits per heavy atom. The fraction of sp³-hybridized carbons (Fsp3) is 0.522. The fourth-order valence-corrected chi connectivity index (χ4v) is 6.39. The summed E-state index contributed by atoms with van der Waals surface area (Å²) in [5, 5.41) is 11.8. The van der Waals surface area contributed by atoms with Crippen LogP contribution in [0.5, 0.6) is 0 Å². The summed E-state index contributed by atoms with van der Waals surface area (Å²) < 4.78 is 1.01. The lowest BCUT2D eigenvalue weighted by atomic mass is 9.39. The van der Waals surface area contributed by atoms with E-state index in [4.69, 9.17) is 0 Å². The zero-order valence-corrected chi connectivity index (χ0v) is 18.8. The Hall–Kier alpha value is -1.43. The van der Waals surface area contributed by atoms with Crippen molar-refractivity contribution in [2.24, 2.45) is 10.8 Å². The molecule has 4 nitrogen and oxygen atoms in total. The summed E-state index contributed by atoms with van der Waals surface area (Å²) in [6.45, 7) is 12.8. The molecule has 28 heavy (non-hydrogen) atoms. The van der Waals surface area contributed by atoms with E-state index in [2.05, 4.69) is 76.6 Å². The van der Waals surface area contributed by atoms with E-state index in [0.29, 0.717) is 6.04 Å². The van der Waals surface area contributed by atoms with E-state index < -0.39 is 5.60 Å². The lowest BCUT2D eigenvalue weighted by Crippen LogP contribution is -2.79. The molecule has 150 valence electrons. The summed E-state index contributed by atoms with van der Waals surface area (Å²) in [6.07, 6.45) is 1.86. The maximum atomic E-state index is 11.8. The van der Waals surface area contributed by atoms with Gasteiger partial charge in [-0.25, -0.2) is 4.98 Å². The lowest BCUT2D eigenvalue weighted by molar-refractivity contribution is -0.307. The quantitative estimate of drug-likeness (QED) is 0.767. The van der Waals surface area contributed by atoms with E-state index in [9.17, 15) is 5.11 Å². The standard InChI is InChI=1S/C23H30BrN3O/c1-21(2)20(22(3,4)23(21,28)17-8-6-5-7-9-17)27-14-12-26(13-15-27)19-11-10-18(24)16-25-19/h5-11,16,20,28H,12-15H2,1-4H3. The van der Waals surface area contributed by atoms with Crippen LogP contribution in [0, 0.1) is 10.8 Å². The highest BCUT2D eigenvalue weighted by atomic mass is 79.9. The van der Waals surface area contributed by atoms with Gasteiger partial charge in [-0.05, 0) is 33.6 Å². The van der Waals surface area contributed by atoms with Crippen molar-refractivity contribution in [1.29, 1.82) is 0 Å². The molecule has 0 atom stereocenters. The number of piperazine rings is 1. The third-order valence-corrected chi connectivity index (χ3v) is 7.61. The number of hydrogen-bond acceptors (Lipinski definition) is 4. The van der Waals surface area contributed by atoms with E-state index in [1.807, 2.05) is 30.5 Å². The van der Waals surface area contributed by atoms with Gasteiger partial charge in [0.2, 0.25) is 0 Å². The van der Waals surface area contributed by atoms with Crippen LogP contribution in [0.3, 0.4) is 0 Å². The molecule has 2 heterocycles. The van der Waals surface area contributed by atoms with Crippen LogP contribution < -0.4 is 4.90 Å². The molecule has 1 saturated heterocycles. The van der Waals surface area contributed by atoms with E-state index in [1.54, 1.807) is 0 Å². The Morgan fingerprint density at radius 2 is 1.54 bits per heavy atom. The Kier molecular flexibility index (Phi) is 4.84. The molecule has 0 spiro atoms. The van der Waals surface area contributed by atoms with Crippen molar-refractivity contribution in [2.45, 2.75) is 39.3 Å². The second-order valence-electron chi connectivity index (χ2n) is 9.28. The first-order valence-corrected chi connectivity index (χ1v) is 10.9. The highest BCUT2D eigenvalue weighted by Gasteiger charge is 2.73. The molecule has 1 aromatic carbocycles. The van der Waals surface area contributed by atoms with Gasteiger partial charge in [0.1, 0.15) is 11.4 Å². The number of anilines is 1. The molecule has 2 aliphatic rings. The minimum Gasteiger partial charge on any atom is -0.384 e. The van der Waals surface area contributed by atoms with Crippen molar-refractivity contribution in [1.82, 2.24) is 9.88 Å². The molecule has 1 saturated carbocycles. The van der Waals surface area contributed by atoms with Crippen LogP contribution in [0.15, 0.2) is 53.1 Å². The third kappa shape index (κ3) is 2.74. The van der Waals surface area contributed by atoms with Crippen molar-refractivity contribution in [3.05, 3.63) is 58.7 Å². The Morgan fingerprint density at radius 3 is 2.07 bits per heavy atom. The number of pyridine rings is 1. The summed E-state index contributed by atoms with van der Waals surface area (Å²) in [7, 11) is 0. The molecule has 1 aromatic heterocycles. The van der Waals surface area contributed by atoms with Crippen LogP contribution in [-0.4, -0.2) is 47.2 Å². The molecule has 0 radical (unpaired) electrons. The maximum Gasteiger partial charge on any atom is 0.128 e. The average molecular weight is 444 g/mol. The summed E-state index contributed by atoms with van der Waals surface area (Å²) >= 11 is 3.46. The Balaban J connectivity index is 1.52. The van der Waals surface area contributed by atoms with Gasteiger partial charge in [-0.2, -0.15) is 0 Å². The van der Waals surface area contributed by atoms with Gasteiger partial charge in [-0.1, -0.05) is 58.0 Å². The molecule has 4 rings (SSSR count). The number of aliphatic hydroxyl groups is 1. The lowest BCUT2D eigenvalue weighted by Gasteiger charge is -2.72. The topological polar surface area (TPSA) is 39.6 Å². The van der Waals surface area contributed by atoms with Crippen LogP contribution in [0.25, 0.3) is 0 Å². The minimum atomic E-state index is -0.837. The van der Waals surface area contributed by atoms with Gasteiger partial charge in [-0.15, -0.1) is 0 Å². The third-order valence-electron chi connectivity index (χ3n) is 7.14. The molecular weight excluding hydrogens is 414 g/mol. The number of nitrogens with zero attached hydrogens (tertiary/aromatic N) is 3. The monoisotopic (exact) mass is 443 g/mol. The zero-order valence-electron chi connectivity index (χ0n) is 17.2. The summed E-state index contributed by atoms with van der Waals surface area (Å²) in [4.78, 5) is 9.47. The van der Waals surface area contributed by atoms with E-state index in [-0.39, 0.29) is 10.8 Å². The molecule has 0 unspecified atom stereocenters. The second-order valence-corrected chi connectivity index (χ2v) is 10.2. The molecule has 1 aliphatic carbocycles. The molecule has 0 amide bonds. The van der Waals surface area contributed by atoms with E-state index in [1.165, 1.54) is 0 Å². The molecule has 2 fully saturated rings. The minimum absolute atomic E-state index is 0.226. The summed E-state index contributed by atoms with van der Waals surface area (Å²) in [6, 6.07) is 14.6. The van der Waals surface area contributed by atoms with Crippen LogP contribution >= 0.6 is 15.9 Å². The maximum absolute atomic E-state index is 11.8. The van der Waals surface area contributed by atoms with Gasteiger partial charge in [0, 0.05) is 53.7 Å². The Bertz CT molecular complexity index is 811. The van der Waals surface area contributed by atoms with E-state index in [0.717, 1.165) is 42.0 Å². The van der Waals surface area contributed by atoms with Crippen LogP contribution in [0.4, 0.5) is 5.82 Å². The van der Waals surface area contributed by atoms with Crippen molar-refractivity contribution < 1.29 is 5.11 Å². The highest BCUT2D eigenvalue weighted by Crippen LogP contribution is 2.68. The van der Waals surface area contributed by atoms with Gasteiger partial charge in [0.15, 0.2) is 0 Å². The normalized spacial score (nSPS) is 29.4. The van der Waals surface area contributed by atoms with Gasteiger partial charge in [-0.3, -0.25) is 4.90 Å². The number of aromatic nitrogens is 1. The number of benzene rings is 1. The molecular formula is C23H30BrN3O. The molecule has 1 N–H and O–H groups in total. The van der Waals surface area contributed by atoms with Crippen LogP contribution in [-0.2, 0) is 5.60 Å². The highest BCUT2D eigenvalue weighted by molar-refractivity contribution is 9.10. The van der Waals surface area contributed by atoms with Crippen molar-refractivity contribution >= 4 is 21.7 Å². The zero-order chi connectivity index (χ0) is 20.2. The van der Waals surface area contributed by atoms with E-state index >= 15 is 0 Å². The van der Waals surface area contributed by atoms with Crippen molar-refractivity contribution in [3.63, 3.8) is 0 Å². The largest absolute Gasteiger partial charge is 0.384 e. The number of rotatable bonds is 3. The second kappa shape index (κ2) is 6.82. The fourth-order valence-electron chi connectivity index (χ4n) is 6.15. The molecule has 1 aliphatic heterocycles. The van der Waals surface area contributed by atoms with Crippen molar-refractivity contribution in [3.8, 4) is 0 Å². The average Bonchev–Trinajstić information content (AvgIpc) is 2.68. The van der Waals surface area contributed by atoms with Gasteiger partial charge in [0.05, 0.1) is 0 Å². The Labute approximate surface area is 176 Å². The predicted octanol–water partition coefficient (Wildman–Crippen LogP) is 4.29. The SMILES string of the molecule is CC1(C)C(N2CCN(c3ccc(Br)cn3)CC2)C(C)(C)C1(O)c1ccccc1.